The highest BCUT2D eigenvalue weighted by Crippen LogP contribution is 2.17. The third kappa shape index (κ3) is 6.71. The SMILES string of the molecule is CCc1ccc(CN=C(NCCSC)NCCc2ccco2)s1. The summed E-state index contributed by atoms with van der Waals surface area (Å²) >= 11 is 3.67. The molecule has 0 aliphatic rings. The van der Waals surface area contributed by atoms with Crippen molar-refractivity contribution in [3.63, 3.8) is 0 Å². The number of nitrogens with one attached hydrogen (secondary N) is 2. The fraction of sp³-hybridized carbons (Fsp3) is 0.471. The molecule has 0 radical (unpaired) electrons. The van der Waals surface area contributed by atoms with E-state index in [2.05, 4.69) is 35.9 Å². The second kappa shape index (κ2) is 10.4. The standard InChI is InChI=1S/C17H25N3OS2/c1-3-15-6-7-16(23-15)13-20-17(19-10-12-22-2)18-9-8-14-5-4-11-21-14/h4-7,11H,3,8-10,12-13H2,1-2H3,(H2,18,19,20). The van der Waals surface area contributed by atoms with Gasteiger partial charge in [-0.15, -0.1) is 11.3 Å². The maximum atomic E-state index is 5.36. The first kappa shape index (κ1) is 17.9. The molecule has 0 saturated carbocycles. The predicted octanol–water partition coefficient (Wildman–Crippen LogP) is 3.54. The molecule has 0 bridgehead atoms. The Morgan fingerprint density at radius 1 is 1.22 bits per heavy atom. The molecule has 6 heteroatoms. The molecule has 2 aromatic heterocycles. The maximum absolute atomic E-state index is 5.36. The average molecular weight is 352 g/mol. The van der Waals surface area contributed by atoms with Crippen molar-refractivity contribution in [2.75, 3.05) is 25.1 Å². The Morgan fingerprint density at radius 2 is 2.04 bits per heavy atom. The number of thioether (sulfide) groups is 1. The van der Waals surface area contributed by atoms with Crippen LogP contribution in [0.15, 0.2) is 39.9 Å². The Bertz CT molecular complexity index is 578. The number of guanidine groups is 1. The van der Waals surface area contributed by atoms with E-state index in [1.807, 2.05) is 35.2 Å². The molecule has 0 spiro atoms. The summed E-state index contributed by atoms with van der Waals surface area (Å²) in [6.45, 7) is 4.63. The van der Waals surface area contributed by atoms with Crippen LogP contribution in [0.4, 0.5) is 0 Å². The molecule has 0 aliphatic heterocycles. The van der Waals surface area contributed by atoms with Crippen LogP contribution in [0.25, 0.3) is 0 Å². The molecular weight excluding hydrogens is 326 g/mol. The molecule has 2 heterocycles. The van der Waals surface area contributed by atoms with Crippen molar-refractivity contribution in [3.05, 3.63) is 46.0 Å². The van der Waals surface area contributed by atoms with E-state index in [1.54, 1.807) is 6.26 Å². The summed E-state index contributed by atoms with van der Waals surface area (Å²) < 4.78 is 5.36. The summed E-state index contributed by atoms with van der Waals surface area (Å²) in [6.07, 6.45) is 5.77. The van der Waals surface area contributed by atoms with Crippen LogP contribution in [0.2, 0.25) is 0 Å². The number of aryl methyl sites for hydroxylation is 1. The minimum atomic E-state index is 0.722. The minimum Gasteiger partial charge on any atom is -0.469 e. The number of hydrogen-bond acceptors (Lipinski definition) is 4. The lowest BCUT2D eigenvalue weighted by Crippen LogP contribution is -2.39. The van der Waals surface area contributed by atoms with Crippen LogP contribution in [0.3, 0.4) is 0 Å². The molecule has 2 N–H and O–H groups in total. The van der Waals surface area contributed by atoms with Gasteiger partial charge < -0.3 is 15.1 Å². The highest BCUT2D eigenvalue weighted by molar-refractivity contribution is 7.98. The number of aliphatic imine (C=N–C) groups is 1. The molecule has 0 atom stereocenters. The smallest absolute Gasteiger partial charge is 0.191 e. The van der Waals surface area contributed by atoms with Crippen LogP contribution >= 0.6 is 23.1 Å². The van der Waals surface area contributed by atoms with E-state index < -0.39 is 0 Å². The molecule has 0 aliphatic carbocycles. The van der Waals surface area contributed by atoms with E-state index in [9.17, 15) is 0 Å². The fourth-order valence-electron chi connectivity index (χ4n) is 2.06. The Labute approximate surface area is 146 Å². The Balaban J connectivity index is 1.85. The van der Waals surface area contributed by atoms with Gasteiger partial charge in [-0.3, -0.25) is 0 Å². The van der Waals surface area contributed by atoms with Crippen LogP contribution in [0, 0.1) is 0 Å². The number of hydrogen-bond donors (Lipinski definition) is 2. The van der Waals surface area contributed by atoms with Gasteiger partial charge in [0.1, 0.15) is 5.76 Å². The van der Waals surface area contributed by atoms with Crippen LogP contribution in [0.5, 0.6) is 0 Å². The van der Waals surface area contributed by atoms with Gasteiger partial charge in [0, 0.05) is 35.0 Å². The third-order valence-electron chi connectivity index (χ3n) is 3.30. The second-order valence-electron chi connectivity index (χ2n) is 5.06. The van der Waals surface area contributed by atoms with Crippen molar-refractivity contribution in [3.8, 4) is 0 Å². The molecule has 0 aromatic carbocycles. The average Bonchev–Trinajstić information content (AvgIpc) is 3.23. The Kier molecular flexibility index (Phi) is 8.11. The first-order valence-electron chi connectivity index (χ1n) is 7.93. The van der Waals surface area contributed by atoms with Crippen molar-refractivity contribution in [1.29, 1.82) is 0 Å². The molecule has 126 valence electrons. The molecular formula is C17H25N3OS2. The van der Waals surface area contributed by atoms with E-state index >= 15 is 0 Å². The van der Waals surface area contributed by atoms with Crippen LogP contribution in [-0.2, 0) is 19.4 Å². The molecule has 0 saturated heterocycles. The predicted molar refractivity (Wildman–Crippen MR) is 102 cm³/mol. The zero-order chi connectivity index (χ0) is 16.3. The first-order chi connectivity index (χ1) is 11.3. The van der Waals surface area contributed by atoms with Crippen LogP contribution in [-0.4, -0.2) is 31.1 Å². The van der Waals surface area contributed by atoms with E-state index in [1.165, 1.54) is 9.75 Å². The number of nitrogens with zero attached hydrogens (tertiary/aromatic N) is 1. The highest BCUT2D eigenvalue weighted by Gasteiger charge is 2.02. The normalized spacial score (nSPS) is 11.7. The molecule has 0 amide bonds. The highest BCUT2D eigenvalue weighted by atomic mass is 32.2. The number of thiophene rings is 1. The van der Waals surface area contributed by atoms with Crippen molar-refractivity contribution in [2.24, 2.45) is 4.99 Å². The van der Waals surface area contributed by atoms with Crippen molar-refractivity contribution < 1.29 is 4.42 Å². The van der Waals surface area contributed by atoms with Gasteiger partial charge in [-0.05, 0) is 36.9 Å². The summed E-state index contributed by atoms with van der Waals surface area (Å²) in [5.41, 5.74) is 0. The van der Waals surface area contributed by atoms with Gasteiger partial charge >= 0.3 is 0 Å². The lowest BCUT2D eigenvalue weighted by molar-refractivity contribution is 0.507. The molecule has 4 nitrogen and oxygen atoms in total. The Hall–Kier alpha value is -1.40. The monoisotopic (exact) mass is 351 g/mol. The number of rotatable bonds is 9. The lowest BCUT2D eigenvalue weighted by Gasteiger charge is -2.11. The van der Waals surface area contributed by atoms with Crippen molar-refractivity contribution in [2.45, 2.75) is 26.3 Å². The summed E-state index contributed by atoms with van der Waals surface area (Å²) in [6, 6.07) is 8.29. The number of furan rings is 1. The van der Waals surface area contributed by atoms with Gasteiger partial charge in [0.15, 0.2) is 5.96 Å². The van der Waals surface area contributed by atoms with E-state index in [0.717, 1.165) is 49.9 Å². The van der Waals surface area contributed by atoms with Gasteiger partial charge in [-0.25, -0.2) is 4.99 Å². The summed E-state index contributed by atoms with van der Waals surface area (Å²) in [5.74, 6) is 2.93. The Morgan fingerprint density at radius 3 is 2.74 bits per heavy atom. The van der Waals surface area contributed by atoms with E-state index in [-0.39, 0.29) is 0 Å². The molecule has 2 rings (SSSR count). The van der Waals surface area contributed by atoms with Gasteiger partial charge in [0.2, 0.25) is 0 Å². The van der Waals surface area contributed by atoms with Crippen molar-refractivity contribution >= 4 is 29.1 Å². The largest absolute Gasteiger partial charge is 0.469 e. The summed E-state index contributed by atoms with van der Waals surface area (Å²) in [4.78, 5) is 7.42. The fourth-order valence-corrected chi connectivity index (χ4v) is 3.25. The minimum absolute atomic E-state index is 0.722. The zero-order valence-electron chi connectivity index (χ0n) is 13.8. The quantitative estimate of drug-likeness (QED) is 0.412. The maximum Gasteiger partial charge on any atom is 0.191 e. The summed E-state index contributed by atoms with van der Waals surface area (Å²) in [5, 5.41) is 6.77. The molecule has 2 aromatic rings. The van der Waals surface area contributed by atoms with Gasteiger partial charge in [-0.1, -0.05) is 6.92 Å². The van der Waals surface area contributed by atoms with Crippen molar-refractivity contribution in [1.82, 2.24) is 10.6 Å². The van der Waals surface area contributed by atoms with Crippen LogP contribution in [0.1, 0.15) is 22.4 Å². The van der Waals surface area contributed by atoms with Gasteiger partial charge in [-0.2, -0.15) is 11.8 Å². The van der Waals surface area contributed by atoms with E-state index in [0.29, 0.717) is 0 Å². The van der Waals surface area contributed by atoms with Gasteiger partial charge in [0.25, 0.3) is 0 Å². The topological polar surface area (TPSA) is 49.6 Å². The first-order valence-corrected chi connectivity index (χ1v) is 10.1. The van der Waals surface area contributed by atoms with E-state index in [4.69, 9.17) is 9.41 Å². The lowest BCUT2D eigenvalue weighted by atomic mass is 10.3. The third-order valence-corrected chi connectivity index (χ3v) is 5.13. The van der Waals surface area contributed by atoms with Gasteiger partial charge in [0.05, 0.1) is 12.8 Å². The molecule has 23 heavy (non-hydrogen) atoms. The summed E-state index contributed by atoms with van der Waals surface area (Å²) in [7, 11) is 0. The second-order valence-corrected chi connectivity index (χ2v) is 7.30. The van der Waals surface area contributed by atoms with Crippen LogP contribution < -0.4 is 10.6 Å². The molecule has 0 unspecified atom stereocenters. The zero-order valence-corrected chi connectivity index (χ0v) is 15.4. The molecule has 0 fully saturated rings.